The van der Waals surface area contributed by atoms with E-state index in [0.717, 1.165) is 23.8 Å². The van der Waals surface area contributed by atoms with Gasteiger partial charge in [-0.15, -0.1) is 0 Å². The van der Waals surface area contributed by atoms with Gasteiger partial charge in [0.15, 0.2) is 11.5 Å². The van der Waals surface area contributed by atoms with Crippen LogP contribution in [0.4, 0.5) is 14.5 Å². The van der Waals surface area contributed by atoms with Gasteiger partial charge in [-0.2, -0.15) is 0 Å². The molecule has 22 heavy (non-hydrogen) atoms. The maximum absolute atomic E-state index is 13.4. The molecule has 3 rings (SSSR count). The third kappa shape index (κ3) is 3.16. The molecule has 2 aromatic rings. The minimum absolute atomic E-state index is 0.148. The highest BCUT2D eigenvalue weighted by molar-refractivity contribution is 5.90. The van der Waals surface area contributed by atoms with Crippen LogP contribution in [0.15, 0.2) is 36.4 Å². The molecule has 0 radical (unpaired) electrons. The van der Waals surface area contributed by atoms with E-state index in [1.165, 1.54) is 0 Å². The van der Waals surface area contributed by atoms with Crippen molar-refractivity contribution in [2.75, 3.05) is 12.1 Å². The summed E-state index contributed by atoms with van der Waals surface area (Å²) in [5, 5.41) is 2.36. The maximum atomic E-state index is 13.4. The molecule has 0 atom stereocenters. The van der Waals surface area contributed by atoms with Gasteiger partial charge < -0.3 is 14.8 Å². The molecule has 1 N–H and O–H groups in total. The van der Waals surface area contributed by atoms with Crippen molar-refractivity contribution in [1.29, 1.82) is 0 Å². The second kappa shape index (κ2) is 6.01. The number of aryl methyl sites for hydroxylation is 1. The molecule has 0 bridgehead atoms. The van der Waals surface area contributed by atoms with Crippen LogP contribution in [0, 0.1) is 11.6 Å². The first-order valence-corrected chi connectivity index (χ1v) is 6.75. The van der Waals surface area contributed by atoms with Crippen LogP contribution in [-0.4, -0.2) is 12.7 Å². The molecule has 0 spiro atoms. The number of carbonyl (C=O) groups excluding carboxylic acids is 1. The first-order valence-electron chi connectivity index (χ1n) is 6.75. The van der Waals surface area contributed by atoms with E-state index in [1.807, 2.05) is 6.07 Å². The summed E-state index contributed by atoms with van der Waals surface area (Å²) in [5.41, 5.74) is 0.745. The summed E-state index contributed by atoms with van der Waals surface area (Å²) < 4.78 is 36.9. The topological polar surface area (TPSA) is 47.6 Å². The number of anilines is 1. The first-order chi connectivity index (χ1) is 10.6. The quantitative estimate of drug-likeness (QED) is 0.943. The second-order valence-electron chi connectivity index (χ2n) is 4.86. The minimum atomic E-state index is -0.669. The van der Waals surface area contributed by atoms with Gasteiger partial charge in [-0.25, -0.2) is 8.78 Å². The lowest BCUT2D eigenvalue weighted by atomic mass is 10.1. The molecular formula is C16H13F2NO3. The van der Waals surface area contributed by atoms with Gasteiger partial charge in [0.05, 0.1) is 5.69 Å². The third-order valence-electron chi connectivity index (χ3n) is 3.28. The Bertz CT molecular complexity index is 719. The van der Waals surface area contributed by atoms with Gasteiger partial charge in [-0.1, -0.05) is 6.07 Å². The molecule has 4 nitrogen and oxygen atoms in total. The normalized spacial score (nSPS) is 12.3. The minimum Gasteiger partial charge on any atom is -0.454 e. The van der Waals surface area contributed by atoms with Crippen LogP contribution in [0.1, 0.15) is 12.0 Å². The Morgan fingerprint density at radius 3 is 2.77 bits per heavy atom. The Kier molecular flexibility index (Phi) is 3.91. The lowest BCUT2D eigenvalue weighted by molar-refractivity contribution is -0.116. The number of amides is 1. The third-order valence-corrected chi connectivity index (χ3v) is 3.28. The highest BCUT2D eigenvalue weighted by Gasteiger charge is 2.14. The standard InChI is InChI=1S/C16H13F2NO3/c17-11-3-4-12(18)13(8-11)19-16(20)6-2-10-1-5-14-15(7-10)22-9-21-14/h1,3-5,7-8H,2,6,9H2,(H,19,20). The van der Waals surface area contributed by atoms with Crippen LogP contribution < -0.4 is 14.8 Å². The zero-order valence-corrected chi connectivity index (χ0v) is 11.6. The molecular weight excluding hydrogens is 292 g/mol. The van der Waals surface area contributed by atoms with Crippen molar-refractivity contribution in [3.63, 3.8) is 0 Å². The van der Waals surface area contributed by atoms with Gasteiger partial charge in [-0.05, 0) is 36.2 Å². The highest BCUT2D eigenvalue weighted by Crippen LogP contribution is 2.32. The van der Waals surface area contributed by atoms with Crippen LogP contribution in [-0.2, 0) is 11.2 Å². The Morgan fingerprint density at radius 2 is 1.91 bits per heavy atom. The van der Waals surface area contributed by atoms with Crippen LogP contribution in [0.25, 0.3) is 0 Å². The number of halogens is 2. The number of rotatable bonds is 4. The summed E-state index contributed by atoms with van der Waals surface area (Å²) in [7, 11) is 0. The monoisotopic (exact) mass is 305 g/mol. The fraction of sp³-hybridized carbons (Fsp3) is 0.188. The van der Waals surface area contributed by atoms with Crippen molar-refractivity contribution in [3.8, 4) is 11.5 Å². The SMILES string of the molecule is O=C(CCc1ccc2c(c1)OCO2)Nc1cc(F)ccc1F. The van der Waals surface area contributed by atoms with E-state index in [4.69, 9.17) is 9.47 Å². The molecule has 1 aliphatic heterocycles. The predicted octanol–water partition coefficient (Wildman–Crippen LogP) is 3.26. The van der Waals surface area contributed by atoms with Gasteiger partial charge in [0.2, 0.25) is 12.7 Å². The molecule has 0 aliphatic carbocycles. The molecule has 1 heterocycles. The van der Waals surface area contributed by atoms with Crippen LogP contribution in [0.5, 0.6) is 11.5 Å². The number of benzene rings is 2. The van der Waals surface area contributed by atoms with Crippen molar-refractivity contribution < 1.29 is 23.0 Å². The van der Waals surface area contributed by atoms with Crippen molar-refractivity contribution in [2.24, 2.45) is 0 Å². The Hall–Kier alpha value is -2.63. The Labute approximate surface area is 125 Å². The molecule has 1 amide bonds. The van der Waals surface area contributed by atoms with Gasteiger partial charge in [0, 0.05) is 12.5 Å². The highest BCUT2D eigenvalue weighted by atomic mass is 19.1. The van der Waals surface area contributed by atoms with E-state index in [2.05, 4.69) is 5.32 Å². The molecule has 6 heteroatoms. The fourth-order valence-corrected chi connectivity index (χ4v) is 2.16. The van der Waals surface area contributed by atoms with Gasteiger partial charge >= 0.3 is 0 Å². The van der Waals surface area contributed by atoms with E-state index in [1.54, 1.807) is 12.1 Å². The zero-order valence-electron chi connectivity index (χ0n) is 11.6. The van der Waals surface area contributed by atoms with E-state index >= 15 is 0 Å². The van der Waals surface area contributed by atoms with Crippen molar-refractivity contribution in [2.45, 2.75) is 12.8 Å². The van der Waals surface area contributed by atoms with Crippen molar-refractivity contribution >= 4 is 11.6 Å². The summed E-state index contributed by atoms with van der Waals surface area (Å²) >= 11 is 0. The fourth-order valence-electron chi connectivity index (χ4n) is 2.16. The summed E-state index contributed by atoms with van der Waals surface area (Å²) in [6.07, 6.45) is 0.606. The van der Waals surface area contributed by atoms with Gasteiger partial charge in [-0.3, -0.25) is 4.79 Å². The largest absolute Gasteiger partial charge is 0.454 e. The maximum Gasteiger partial charge on any atom is 0.231 e. The number of hydrogen-bond acceptors (Lipinski definition) is 3. The molecule has 2 aromatic carbocycles. The number of ether oxygens (including phenoxy) is 2. The summed E-state index contributed by atoms with van der Waals surface area (Å²) in [6.45, 7) is 0.193. The number of hydrogen-bond donors (Lipinski definition) is 1. The molecule has 0 saturated carbocycles. The van der Waals surface area contributed by atoms with Crippen LogP contribution in [0.3, 0.4) is 0 Å². The summed E-state index contributed by atoms with van der Waals surface area (Å²) in [5.74, 6) is -0.336. The molecule has 114 valence electrons. The lowest BCUT2D eigenvalue weighted by Crippen LogP contribution is -2.13. The summed E-state index contributed by atoms with van der Waals surface area (Å²) in [4.78, 5) is 11.8. The zero-order chi connectivity index (χ0) is 15.5. The molecule has 1 aliphatic rings. The molecule has 0 aromatic heterocycles. The second-order valence-corrected chi connectivity index (χ2v) is 4.86. The van der Waals surface area contributed by atoms with Crippen LogP contribution >= 0.6 is 0 Å². The first kappa shape index (κ1) is 14.3. The average Bonchev–Trinajstić information content (AvgIpc) is 2.96. The molecule has 0 unspecified atom stereocenters. The number of carbonyl (C=O) groups is 1. The van der Waals surface area contributed by atoms with E-state index in [9.17, 15) is 13.6 Å². The van der Waals surface area contributed by atoms with Gasteiger partial charge in [0.1, 0.15) is 11.6 Å². The average molecular weight is 305 g/mol. The Morgan fingerprint density at radius 1 is 1.09 bits per heavy atom. The van der Waals surface area contributed by atoms with E-state index < -0.39 is 11.6 Å². The molecule has 0 saturated heterocycles. The van der Waals surface area contributed by atoms with Crippen molar-refractivity contribution in [1.82, 2.24) is 0 Å². The molecule has 0 fully saturated rings. The lowest BCUT2D eigenvalue weighted by Gasteiger charge is -2.07. The smallest absolute Gasteiger partial charge is 0.231 e. The van der Waals surface area contributed by atoms with E-state index in [0.29, 0.717) is 17.9 Å². The predicted molar refractivity (Wildman–Crippen MR) is 75.9 cm³/mol. The van der Waals surface area contributed by atoms with Crippen LogP contribution in [0.2, 0.25) is 0 Å². The Balaban J connectivity index is 1.59. The van der Waals surface area contributed by atoms with E-state index in [-0.39, 0.29) is 24.8 Å². The van der Waals surface area contributed by atoms with Crippen molar-refractivity contribution in [3.05, 3.63) is 53.6 Å². The number of fused-ring (bicyclic) bond motifs is 1. The number of nitrogens with one attached hydrogen (secondary N) is 1. The summed E-state index contributed by atoms with van der Waals surface area (Å²) in [6, 6.07) is 8.35. The van der Waals surface area contributed by atoms with Gasteiger partial charge in [0.25, 0.3) is 0 Å².